The Morgan fingerprint density at radius 2 is 2.25 bits per heavy atom. The Morgan fingerprint density at radius 3 is 2.75 bits per heavy atom. The SMILES string of the molecule is COc1c(N)[nH]c(=S)n(C)c1=O. The van der Waals surface area contributed by atoms with Crippen molar-refractivity contribution < 1.29 is 4.74 Å². The molecule has 66 valence electrons. The average Bonchev–Trinajstić information content (AvgIpc) is 2.01. The maximum Gasteiger partial charge on any atom is 0.298 e. The Labute approximate surface area is 73.8 Å². The molecule has 5 nitrogen and oxygen atoms in total. The molecule has 0 saturated carbocycles. The highest BCUT2D eigenvalue weighted by Crippen LogP contribution is 2.09. The van der Waals surface area contributed by atoms with E-state index < -0.39 is 0 Å². The third-order valence-corrected chi connectivity index (χ3v) is 1.87. The first-order valence-electron chi connectivity index (χ1n) is 3.20. The number of ether oxygens (including phenoxy) is 1. The molecule has 0 fully saturated rings. The average molecular weight is 187 g/mol. The van der Waals surface area contributed by atoms with Crippen molar-refractivity contribution in [1.82, 2.24) is 9.55 Å². The third kappa shape index (κ3) is 1.20. The number of hydrogen-bond acceptors (Lipinski definition) is 4. The van der Waals surface area contributed by atoms with E-state index in [0.29, 0.717) is 0 Å². The zero-order valence-electron chi connectivity index (χ0n) is 6.75. The van der Waals surface area contributed by atoms with Crippen molar-refractivity contribution in [2.45, 2.75) is 0 Å². The maximum atomic E-state index is 11.3. The van der Waals surface area contributed by atoms with E-state index >= 15 is 0 Å². The minimum atomic E-state index is -0.334. The van der Waals surface area contributed by atoms with Gasteiger partial charge in [-0.2, -0.15) is 0 Å². The Hall–Kier alpha value is -1.30. The third-order valence-electron chi connectivity index (χ3n) is 1.49. The van der Waals surface area contributed by atoms with Gasteiger partial charge in [0.15, 0.2) is 10.6 Å². The highest BCUT2D eigenvalue weighted by Gasteiger charge is 2.06. The normalized spacial score (nSPS) is 9.83. The molecular formula is C6H9N3O2S. The van der Waals surface area contributed by atoms with E-state index in [1.165, 1.54) is 11.7 Å². The van der Waals surface area contributed by atoms with Crippen LogP contribution in [0.15, 0.2) is 4.79 Å². The van der Waals surface area contributed by atoms with Crippen LogP contribution in [0.5, 0.6) is 5.75 Å². The molecule has 0 spiro atoms. The molecule has 0 unspecified atom stereocenters. The Morgan fingerprint density at radius 1 is 1.67 bits per heavy atom. The van der Waals surface area contributed by atoms with Crippen LogP contribution in [0.1, 0.15) is 0 Å². The van der Waals surface area contributed by atoms with Crippen molar-refractivity contribution in [3.8, 4) is 5.75 Å². The number of nitrogen functional groups attached to an aromatic ring is 1. The predicted octanol–water partition coefficient (Wildman–Crippen LogP) is 0.0337. The van der Waals surface area contributed by atoms with Crippen LogP contribution in [-0.2, 0) is 7.05 Å². The second kappa shape index (κ2) is 2.98. The van der Waals surface area contributed by atoms with Crippen LogP contribution >= 0.6 is 12.2 Å². The van der Waals surface area contributed by atoms with Crippen LogP contribution in [0.4, 0.5) is 5.82 Å². The van der Waals surface area contributed by atoms with Crippen molar-refractivity contribution >= 4 is 18.0 Å². The van der Waals surface area contributed by atoms with Gasteiger partial charge in [-0.05, 0) is 12.2 Å². The van der Waals surface area contributed by atoms with Gasteiger partial charge in [-0.1, -0.05) is 0 Å². The molecule has 0 amide bonds. The number of aromatic nitrogens is 2. The topological polar surface area (TPSA) is 73.0 Å². The lowest BCUT2D eigenvalue weighted by molar-refractivity contribution is 0.404. The van der Waals surface area contributed by atoms with E-state index in [1.54, 1.807) is 7.05 Å². The highest BCUT2D eigenvalue weighted by molar-refractivity contribution is 7.71. The largest absolute Gasteiger partial charge is 0.489 e. The number of anilines is 1. The molecule has 1 rings (SSSR count). The Kier molecular flexibility index (Phi) is 2.18. The Balaban J connectivity index is 3.63. The second-order valence-corrected chi connectivity index (χ2v) is 2.63. The van der Waals surface area contributed by atoms with Gasteiger partial charge in [0, 0.05) is 7.05 Å². The summed E-state index contributed by atoms with van der Waals surface area (Å²) in [6.45, 7) is 0. The van der Waals surface area contributed by atoms with Crippen molar-refractivity contribution in [2.75, 3.05) is 12.8 Å². The molecule has 1 aromatic rings. The van der Waals surface area contributed by atoms with Gasteiger partial charge < -0.3 is 15.5 Å². The molecular weight excluding hydrogens is 178 g/mol. The van der Waals surface area contributed by atoms with Gasteiger partial charge >= 0.3 is 0 Å². The molecule has 6 heteroatoms. The van der Waals surface area contributed by atoms with E-state index in [9.17, 15) is 4.79 Å². The molecule has 0 saturated heterocycles. The molecule has 0 bridgehead atoms. The first-order valence-corrected chi connectivity index (χ1v) is 3.61. The molecule has 0 aliphatic rings. The fourth-order valence-electron chi connectivity index (χ4n) is 0.813. The van der Waals surface area contributed by atoms with Crippen LogP contribution in [0, 0.1) is 4.77 Å². The van der Waals surface area contributed by atoms with E-state index in [1.807, 2.05) is 0 Å². The van der Waals surface area contributed by atoms with Gasteiger partial charge in [-0.3, -0.25) is 9.36 Å². The van der Waals surface area contributed by atoms with Crippen LogP contribution in [0.2, 0.25) is 0 Å². The summed E-state index contributed by atoms with van der Waals surface area (Å²) in [4.78, 5) is 13.9. The van der Waals surface area contributed by atoms with Gasteiger partial charge in [0.05, 0.1) is 7.11 Å². The van der Waals surface area contributed by atoms with E-state index in [-0.39, 0.29) is 21.9 Å². The number of nitrogens with zero attached hydrogens (tertiary/aromatic N) is 1. The van der Waals surface area contributed by atoms with Crippen molar-refractivity contribution in [3.63, 3.8) is 0 Å². The fourth-order valence-corrected chi connectivity index (χ4v) is 1.01. The second-order valence-electron chi connectivity index (χ2n) is 2.24. The molecule has 3 N–H and O–H groups in total. The van der Waals surface area contributed by atoms with Crippen molar-refractivity contribution in [3.05, 3.63) is 15.1 Å². The fraction of sp³-hybridized carbons (Fsp3) is 0.333. The van der Waals surface area contributed by atoms with Crippen molar-refractivity contribution in [1.29, 1.82) is 0 Å². The van der Waals surface area contributed by atoms with E-state index in [0.717, 1.165) is 0 Å². The summed E-state index contributed by atoms with van der Waals surface area (Å²) in [5.41, 5.74) is 5.11. The standard InChI is InChI=1S/C6H9N3O2S/c1-9-5(10)3(11-2)4(7)8-6(9)12/h7H2,1-2H3,(H,8,12). The number of nitrogens with two attached hydrogens (primary N) is 1. The smallest absolute Gasteiger partial charge is 0.298 e. The molecule has 0 aliphatic heterocycles. The number of methoxy groups -OCH3 is 1. The predicted molar refractivity (Wildman–Crippen MR) is 47.8 cm³/mol. The minimum absolute atomic E-state index is 0.0890. The lowest BCUT2D eigenvalue weighted by Crippen LogP contribution is -2.21. The Bertz CT molecular complexity index is 406. The molecule has 12 heavy (non-hydrogen) atoms. The number of rotatable bonds is 1. The molecule has 0 radical (unpaired) electrons. The minimum Gasteiger partial charge on any atom is -0.489 e. The zero-order chi connectivity index (χ0) is 9.30. The molecule has 1 heterocycles. The first kappa shape index (κ1) is 8.79. The van der Waals surface area contributed by atoms with Gasteiger partial charge in [-0.25, -0.2) is 0 Å². The first-order chi connectivity index (χ1) is 5.57. The van der Waals surface area contributed by atoms with Gasteiger partial charge in [0.1, 0.15) is 0 Å². The zero-order valence-corrected chi connectivity index (χ0v) is 7.57. The van der Waals surface area contributed by atoms with Crippen LogP contribution in [0.25, 0.3) is 0 Å². The van der Waals surface area contributed by atoms with E-state index in [2.05, 4.69) is 4.98 Å². The number of aromatic amines is 1. The monoisotopic (exact) mass is 187 g/mol. The number of hydrogen-bond donors (Lipinski definition) is 2. The molecule has 0 atom stereocenters. The van der Waals surface area contributed by atoms with Gasteiger partial charge in [0.25, 0.3) is 5.56 Å². The van der Waals surface area contributed by atoms with Gasteiger partial charge in [-0.15, -0.1) is 0 Å². The summed E-state index contributed by atoms with van der Waals surface area (Å²) in [6, 6.07) is 0. The van der Waals surface area contributed by atoms with E-state index in [4.69, 9.17) is 22.7 Å². The quantitative estimate of drug-likeness (QED) is 0.608. The number of H-pyrrole nitrogens is 1. The summed E-state index contributed by atoms with van der Waals surface area (Å²) >= 11 is 4.81. The van der Waals surface area contributed by atoms with Crippen LogP contribution in [-0.4, -0.2) is 16.7 Å². The molecule has 0 aromatic carbocycles. The molecule has 0 aliphatic carbocycles. The maximum absolute atomic E-state index is 11.3. The summed E-state index contributed by atoms with van der Waals surface area (Å²) in [5.74, 6) is 0.247. The summed E-state index contributed by atoms with van der Waals surface area (Å²) in [5, 5.41) is 0. The summed E-state index contributed by atoms with van der Waals surface area (Å²) in [6.07, 6.45) is 0. The number of nitrogens with one attached hydrogen (secondary N) is 1. The summed E-state index contributed by atoms with van der Waals surface area (Å²) in [7, 11) is 2.92. The summed E-state index contributed by atoms with van der Waals surface area (Å²) < 4.78 is 6.31. The van der Waals surface area contributed by atoms with Gasteiger partial charge in [0.2, 0.25) is 5.75 Å². The molecule has 1 aromatic heterocycles. The van der Waals surface area contributed by atoms with Crippen LogP contribution < -0.4 is 16.0 Å². The lowest BCUT2D eigenvalue weighted by atomic mass is 10.5. The van der Waals surface area contributed by atoms with Crippen molar-refractivity contribution in [2.24, 2.45) is 7.05 Å². The van der Waals surface area contributed by atoms with Crippen LogP contribution in [0.3, 0.4) is 0 Å². The lowest BCUT2D eigenvalue weighted by Gasteiger charge is -2.05. The highest BCUT2D eigenvalue weighted by atomic mass is 32.1.